The van der Waals surface area contributed by atoms with E-state index in [1.165, 1.54) is 6.92 Å². The normalized spacial score (nSPS) is 20.8. The second-order valence-electron chi connectivity index (χ2n) is 8.88. The number of hydrogen-bond donors (Lipinski definition) is 1. The molecule has 1 aliphatic heterocycles. The second-order valence-corrected chi connectivity index (χ2v) is 8.88. The van der Waals surface area contributed by atoms with Crippen LogP contribution < -0.4 is 14.8 Å². The van der Waals surface area contributed by atoms with Crippen molar-refractivity contribution in [1.82, 2.24) is 0 Å². The van der Waals surface area contributed by atoms with Gasteiger partial charge in [-0.15, -0.1) is 0 Å². The number of Topliss-reactive ketones (excluding diaryl/α,β-unsaturated/α-hetero) is 1. The second kappa shape index (κ2) is 8.43. The molecule has 1 aliphatic carbocycles. The van der Waals surface area contributed by atoms with Gasteiger partial charge in [0.1, 0.15) is 0 Å². The van der Waals surface area contributed by atoms with Crippen molar-refractivity contribution in [3.8, 4) is 11.5 Å². The molecule has 0 unspecified atom stereocenters. The first-order chi connectivity index (χ1) is 13.6. The third-order valence-electron chi connectivity index (χ3n) is 5.80. The van der Waals surface area contributed by atoms with Gasteiger partial charge in [0, 0.05) is 11.6 Å². The average Bonchev–Trinajstić information content (AvgIpc) is 3.12. The van der Waals surface area contributed by atoms with E-state index in [-0.39, 0.29) is 36.5 Å². The smallest absolute Gasteiger partial charge is 0.309 e. The molecule has 0 spiro atoms. The highest BCUT2D eigenvalue weighted by Gasteiger charge is 2.33. The van der Waals surface area contributed by atoms with Gasteiger partial charge in [-0.05, 0) is 50.0 Å². The first kappa shape index (κ1) is 21.1. The van der Waals surface area contributed by atoms with E-state index < -0.39 is 5.91 Å². The Kier molecular flexibility index (Phi) is 6.15. The highest BCUT2D eigenvalue weighted by molar-refractivity contribution is 6.05. The molecule has 0 aromatic heterocycles. The van der Waals surface area contributed by atoms with Crippen LogP contribution in [0.4, 0.5) is 5.69 Å². The summed E-state index contributed by atoms with van der Waals surface area (Å²) in [6.07, 6.45) is 3.57. The quantitative estimate of drug-likeness (QED) is 0.591. The molecule has 1 aromatic rings. The molecule has 29 heavy (non-hydrogen) atoms. The van der Waals surface area contributed by atoms with Gasteiger partial charge < -0.3 is 19.5 Å². The first-order valence-electron chi connectivity index (χ1n) is 10.1. The van der Waals surface area contributed by atoms with Crippen LogP contribution in [0.25, 0.3) is 0 Å². The van der Waals surface area contributed by atoms with Crippen LogP contribution in [0.5, 0.6) is 11.5 Å². The standard InChI is InChI=1S/C22H29NO6/c1-13(24)16-9-18-19(29-12-28-18)10-17(16)23-20(25)11-27-21(26)14-5-7-15(8-6-14)22(2,3)4/h9-10,14-15H,5-8,11-12H2,1-4H3,(H,23,25). The van der Waals surface area contributed by atoms with Gasteiger partial charge in [-0.2, -0.15) is 0 Å². The molecule has 7 nitrogen and oxygen atoms in total. The van der Waals surface area contributed by atoms with Crippen LogP contribution in [0.1, 0.15) is 63.7 Å². The molecule has 1 aromatic carbocycles. The van der Waals surface area contributed by atoms with Crippen molar-refractivity contribution in [1.29, 1.82) is 0 Å². The van der Waals surface area contributed by atoms with Crippen LogP contribution in [-0.4, -0.2) is 31.1 Å². The molecule has 1 amide bonds. The fraction of sp³-hybridized carbons (Fsp3) is 0.591. The van der Waals surface area contributed by atoms with E-state index in [4.69, 9.17) is 14.2 Å². The van der Waals surface area contributed by atoms with Crippen molar-refractivity contribution >= 4 is 23.3 Å². The Morgan fingerprint density at radius 3 is 2.28 bits per heavy atom. The Balaban J connectivity index is 1.53. The van der Waals surface area contributed by atoms with Gasteiger partial charge in [-0.25, -0.2) is 0 Å². The minimum atomic E-state index is -0.497. The number of amides is 1. The van der Waals surface area contributed by atoms with E-state index >= 15 is 0 Å². The number of carbonyl (C=O) groups is 3. The molecule has 1 N–H and O–H groups in total. The SMILES string of the molecule is CC(=O)c1cc2c(cc1NC(=O)COC(=O)C1CCC(C(C)(C)C)CC1)OCO2. The Labute approximate surface area is 171 Å². The van der Waals surface area contributed by atoms with Crippen molar-refractivity contribution in [2.24, 2.45) is 17.3 Å². The summed E-state index contributed by atoms with van der Waals surface area (Å²) in [5.74, 6) is 0.327. The van der Waals surface area contributed by atoms with Gasteiger partial charge in [-0.3, -0.25) is 14.4 Å². The van der Waals surface area contributed by atoms with Crippen LogP contribution in [0, 0.1) is 17.3 Å². The summed E-state index contributed by atoms with van der Waals surface area (Å²) < 4.78 is 15.8. The molecule has 7 heteroatoms. The van der Waals surface area contributed by atoms with E-state index in [0.717, 1.165) is 25.7 Å². The average molecular weight is 403 g/mol. The van der Waals surface area contributed by atoms with Crippen LogP contribution in [0.3, 0.4) is 0 Å². The third-order valence-corrected chi connectivity index (χ3v) is 5.80. The van der Waals surface area contributed by atoms with Gasteiger partial charge in [0.05, 0.1) is 11.6 Å². The molecule has 1 saturated carbocycles. The zero-order valence-electron chi connectivity index (χ0n) is 17.5. The monoisotopic (exact) mass is 403 g/mol. The summed E-state index contributed by atoms with van der Waals surface area (Å²) in [5, 5.41) is 2.63. The van der Waals surface area contributed by atoms with Crippen molar-refractivity contribution in [3.63, 3.8) is 0 Å². The summed E-state index contributed by atoms with van der Waals surface area (Å²) in [6, 6.07) is 3.09. The molecular weight excluding hydrogens is 374 g/mol. The maximum absolute atomic E-state index is 12.3. The molecule has 1 heterocycles. The topological polar surface area (TPSA) is 90.9 Å². The Morgan fingerprint density at radius 1 is 1.07 bits per heavy atom. The molecular formula is C22H29NO6. The van der Waals surface area contributed by atoms with E-state index in [9.17, 15) is 14.4 Å². The number of benzene rings is 1. The highest BCUT2D eigenvalue weighted by atomic mass is 16.7. The highest BCUT2D eigenvalue weighted by Crippen LogP contribution is 2.40. The van der Waals surface area contributed by atoms with Gasteiger partial charge in [-0.1, -0.05) is 20.8 Å². The Bertz CT molecular complexity index is 802. The van der Waals surface area contributed by atoms with E-state index in [2.05, 4.69) is 26.1 Å². The largest absolute Gasteiger partial charge is 0.455 e. The molecule has 0 atom stereocenters. The fourth-order valence-corrected chi connectivity index (χ4v) is 3.97. The maximum Gasteiger partial charge on any atom is 0.309 e. The number of nitrogens with one attached hydrogen (secondary N) is 1. The predicted octanol–water partition coefficient (Wildman–Crippen LogP) is 3.95. The van der Waals surface area contributed by atoms with Crippen LogP contribution >= 0.6 is 0 Å². The lowest BCUT2D eigenvalue weighted by molar-refractivity contribution is -0.153. The Morgan fingerprint density at radius 2 is 1.69 bits per heavy atom. The molecule has 0 radical (unpaired) electrons. The summed E-state index contributed by atoms with van der Waals surface area (Å²) >= 11 is 0. The number of ketones is 1. The first-order valence-corrected chi connectivity index (χ1v) is 10.1. The number of hydrogen-bond acceptors (Lipinski definition) is 6. The number of anilines is 1. The lowest BCUT2D eigenvalue weighted by atomic mass is 9.70. The number of rotatable bonds is 5. The lowest BCUT2D eigenvalue weighted by Crippen LogP contribution is -2.31. The molecule has 1 fully saturated rings. The van der Waals surface area contributed by atoms with Crippen molar-refractivity contribution in [2.45, 2.75) is 53.4 Å². The van der Waals surface area contributed by atoms with Crippen molar-refractivity contribution < 1.29 is 28.6 Å². The maximum atomic E-state index is 12.3. The minimum absolute atomic E-state index is 0.0686. The molecule has 0 saturated heterocycles. The molecule has 158 valence electrons. The predicted molar refractivity (Wildman–Crippen MR) is 107 cm³/mol. The summed E-state index contributed by atoms with van der Waals surface area (Å²) in [6.45, 7) is 7.77. The summed E-state index contributed by atoms with van der Waals surface area (Å²) in [5.41, 5.74) is 0.872. The van der Waals surface area contributed by atoms with Crippen LogP contribution in [0.15, 0.2) is 12.1 Å². The van der Waals surface area contributed by atoms with Gasteiger partial charge in [0.25, 0.3) is 5.91 Å². The summed E-state index contributed by atoms with van der Waals surface area (Å²) in [7, 11) is 0. The molecule has 0 bridgehead atoms. The lowest BCUT2D eigenvalue weighted by Gasteiger charge is -2.36. The number of esters is 1. The van der Waals surface area contributed by atoms with E-state index in [1.807, 2.05) is 0 Å². The van der Waals surface area contributed by atoms with Gasteiger partial charge in [0.15, 0.2) is 23.9 Å². The molecule has 3 rings (SSSR count). The van der Waals surface area contributed by atoms with Gasteiger partial charge in [0.2, 0.25) is 6.79 Å². The van der Waals surface area contributed by atoms with Crippen LogP contribution in [0.2, 0.25) is 0 Å². The van der Waals surface area contributed by atoms with E-state index in [1.54, 1.807) is 12.1 Å². The number of carbonyl (C=O) groups excluding carboxylic acids is 3. The zero-order chi connectivity index (χ0) is 21.2. The number of ether oxygens (including phenoxy) is 3. The number of fused-ring (bicyclic) bond motifs is 1. The third kappa shape index (κ3) is 5.08. The Hall–Kier alpha value is -2.57. The van der Waals surface area contributed by atoms with Crippen LogP contribution in [-0.2, 0) is 14.3 Å². The van der Waals surface area contributed by atoms with Gasteiger partial charge >= 0.3 is 5.97 Å². The van der Waals surface area contributed by atoms with E-state index in [0.29, 0.717) is 28.7 Å². The molecule has 2 aliphatic rings. The zero-order valence-corrected chi connectivity index (χ0v) is 17.5. The fourth-order valence-electron chi connectivity index (χ4n) is 3.97. The van der Waals surface area contributed by atoms with Crippen molar-refractivity contribution in [3.05, 3.63) is 17.7 Å². The minimum Gasteiger partial charge on any atom is -0.455 e. The summed E-state index contributed by atoms with van der Waals surface area (Å²) in [4.78, 5) is 36.5. The van der Waals surface area contributed by atoms with Crippen molar-refractivity contribution in [2.75, 3.05) is 18.7 Å².